The Morgan fingerprint density at radius 3 is 2.70 bits per heavy atom. The Balaban J connectivity index is 0.00000200. The Hall–Kier alpha value is -0.530. The molecule has 1 aliphatic heterocycles. The molecule has 0 bridgehead atoms. The zero-order valence-corrected chi connectivity index (χ0v) is 14.9. The summed E-state index contributed by atoms with van der Waals surface area (Å²) in [6.07, 6.45) is 4.75. The smallest absolute Gasteiger partial charge is 0.242 e. The monoisotopic (exact) mass is 394 g/mol. The van der Waals surface area contributed by atoms with Crippen LogP contribution in [0.15, 0.2) is 4.99 Å². The lowest BCUT2D eigenvalue weighted by Gasteiger charge is -2.33. The topological polar surface area (TPSA) is 56.7 Å². The van der Waals surface area contributed by atoms with Crippen LogP contribution in [0.1, 0.15) is 39.5 Å². The molecule has 20 heavy (non-hydrogen) atoms. The molecule has 1 saturated heterocycles. The van der Waals surface area contributed by atoms with E-state index in [1.165, 1.54) is 12.8 Å². The number of guanidine groups is 1. The van der Waals surface area contributed by atoms with Gasteiger partial charge < -0.3 is 15.5 Å². The van der Waals surface area contributed by atoms with Crippen molar-refractivity contribution in [2.45, 2.75) is 45.6 Å². The summed E-state index contributed by atoms with van der Waals surface area (Å²) in [5, 5.41) is 6.26. The number of carbonyl (C=O) groups is 1. The number of nitrogens with one attached hydrogen (secondary N) is 2. The summed E-state index contributed by atoms with van der Waals surface area (Å²) < 4.78 is 0. The molecule has 1 heterocycles. The Morgan fingerprint density at radius 2 is 2.10 bits per heavy atom. The lowest BCUT2D eigenvalue weighted by atomic mass is 10.0. The fourth-order valence-electron chi connectivity index (χ4n) is 2.46. The quantitative estimate of drug-likeness (QED) is 0.433. The van der Waals surface area contributed by atoms with Gasteiger partial charge in [0.15, 0.2) is 5.96 Å². The van der Waals surface area contributed by atoms with Crippen LogP contribution >= 0.6 is 24.0 Å². The molecule has 2 fully saturated rings. The normalized spacial score (nSPS) is 23.0. The van der Waals surface area contributed by atoms with E-state index >= 15 is 0 Å². The van der Waals surface area contributed by atoms with Gasteiger partial charge in [-0.1, -0.05) is 6.92 Å². The van der Waals surface area contributed by atoms with Crippen LogP contribution in [0.5, 0.6) is 0 Å². The Labute approximate surface area is 139 Å². The van der Waals surface area contributed by atoms with Gasteiger partial charge in [0.25, 0.3) is 0 Å². The van der Waals surface area contributed by atoms with Crippen molar-refractivity contribution in [3.05, 3.63) is 0 Å². The van der Waals surface area contributed by atoms with Crippen molar-refractivity contribution < 1.29 is 4.79 Å². The second-order valence-electron chi connectivity index (χ2n) is 5.71. The largest absolute Gasteiger partial charge is 0.357 e. The SMILES string of the molecule is CCNC(=NCC(=O)NC1CC1)N1CCCC(C)C1.I. The minimum Gasteiger partial charge on any atom is -0.357 e. The van der Waals surface area contributed by atoms with Crippen molar-refractivity contribution >= 4 is 35.8 Å². The summed E-state index contributed by atoms with van der Waals surface area (Å²) in [6.45, 7) is 7.50. The van der Waals surface area contributed by atoms with E-state index in [4.69, 9.17) is 0 Å². The number of halogens is 1. The van der Waals surface area contributed by atoms with Gasteiger partial charge in [-0.25, -0.2) is 4.99 Å². The number of rotatable bonds is 4. The molecular formula is C14H27IN4O. The summed E-state index contributed by atoms with van der Waals surface area (Å²) in [5.74, 6) is 1.64. The molecule has 5 nitrogen and oxygen atoms in total. The number of likely N-dealkylation sites (tertiary alicyclic amines) is 1. The second kappa shape index (κ2) is 8.69. The number of carbonyl (C=O) groups excluding carboxylic acids is 1. The first kappa shape index (κ1) is 17.5. The summed E-state index contributed by atoms with van der Waals surface area (Å²) >= 11 is 0. The van der Waals surface area contributed by atoms with E-state index < -0.39 is 0 Å². The molecule has 2 rings (SSSR count). The minimum absolute atomic E-state index is 0. The van der Waals surface area contributed by atoms with Crippen LogP contribution < -0.4 is 10.6 Å². The molecule has 6 heteroatoms. The molecule has 1 saturated carbocycles. The van der Waals surface area contributed by atoms with Crippen molar-refractivity contribution in [3.63, 3.8) is 0 Å². The standard InChI is InChI=1S/C14H26N4O.HI/c1-3-15-14(18-8-4-5-11(2)10-18)16-9-13(19)17-12-6-7-12;/h11-12H,3-10H2,1-2H3,(H,15,16)(H,17,19);1H. The summed E-state index contributed by atoms with van der Waals surface area (Å²) in [4.78, 5) is 18.4. The first-order chi connectivity index (χ1) is 9.19. The zero-order valence-electron chi connectivity index (χ0n) is 12.5. The maximum Gasteiger partial charge on any atom is 0.242 e. The number of aliphatic imine (C=N–C) groups is 1. The fraction of sp³-hybridized carbons (Fsp3) is 0.857. The van der Waals surface area contributed by atoms with Crippen molar-refractivity contribution in [2.24, 2.45) is 10.9 Å². The van der Waals surface area contributed by atoms with Crippen LogP contribution in [-0.2, 0) is 4.79 Å². The summed E-state index contributed by atoms with van der Waals surface area (Å²) in [7, 11) is 0. The average molecular weight is 394 g/mol. The molecular weight excluding hydrogens is 367 g/mol. The lowest BCUT2D eigenvalue weighted by molar-refractivity contribution is -0.119. The first-order valence-electron chi connectivity index (χ1n) is 7.51. The van der Waals surface area contributed by atoms with Gasteiger partial charge in [-0.05, 0) is 38.5 Å². The Morgan fingerprint density at radius 1 is 1.35 bits per heavy atom. The highest BCUT2D eigenvalue weighted by molar-refractivity contribution is 14.0. The van der Waals surface area contributed by atoms with E-state index in [2.05, 4.69) is 34.4 Å². The van der Waals surface area contributed by atoms with Gasteiger partial charge in [0.1, 0.15) is 6.54 Å². The van der Waals surface area contributed by atoms with Crippen LogP contribution in [0.3, 0.4) is 0 Å². The molecule has 1 aliphatic carbocycles. The fourth-order valence-corrected chi connectivity index (χ4v) is 2.46. The van der Waals surface area contributed by atoms with Crippen LogP contribution in [0.25, 0.3) is 0 Å². The molecule has 116 valence electrons. The van der Waals surface area contributed by atoms with E-state index in [-0.39, 0.29) is 36.4 Å². The highest BCUT2D eigenvalue weighted by Crippen LogP contribution is 2.18. The highest BCUT2D eigenvalue weighted by atomic mass is 127. The first-order valence-corrected chi connectivity index (χ1v) is 7.51. The molecule has 0 aromatic carbocycles. The highest BCUT2D eigenvalue weighted by Gasteiger charge is 2.23. The van der Waals surface area contributed by atoms with Crippen molar-refractivity contribution in [1.29, 1.82) is 0 Å². The van der Waals surface area contributed by atoms with Gasteiger partial charge >= 0.3 is 0 Å². The molecule has 2 aliphatic rings. The Kier molecular flexibility index (Phi) is 7.61. The molecule has 1 unspecified atom stereocenters. The van der Waals surface area contributed by atoms with Gasteiger partial charge in [-0.2, -0.15) is 0 Å². The van der Waals surface area contributed by atoms with Crippen LogP contribution in [-0.4, -0.2) is 49.0 Å². The lowest BCUT2D eigenvalue weighted by Crippen LogP contribution is -2.46. The van der Waals surface area contributed by atoms with Crippen LogP contribution in [0.2, 0.25) is 0 Å². The minimum atomic E-state index is 0. The maximum atomic E-state index is 11.7. The third kappa shape index (κ3) is 5.85. The predicted octanol–water partition coefficient (Wildman–Crippen LogP) is 1.58. The number of amides is 1. The molecule has 0 aromatic rings. The van der Waals surface area contributed by atoms with Gasteiger partial charge in [-0.15, -0.1) is 24.0 Å². The van der Waals surface area contributed by atoms with E-state index in [9.17, 15) is 4.79 Å². The molecule has 0 radical (unpaired) electrons. The van der Waals surface area contributed by atoms with E-state index in [1.807, 2.05) is 0 Å². The second-order valence-corrected chi connectivity index (χ2v) is 5.71. The number of nitrogens with zero attached hydrogens (tertiary/aromatic N) is 2. The molecule has 0 spiro atoms. The molecule has 0 aromatic heterocycles. The zero-order chi connectivity index (χ0) is 13.7. The number of hydrogen-bond acceptors (Lipinski definition) is 2. The number of piperidine rings is 1. The van der Waals surface area contributed by atoms with Crippen LogP contribution in [0, 0.1) is 5.92 Å². The molecule has 1 atom stereocenters. The predicted molar refractivity (Wildman–Crippen MR) is 92.5 cm³/mol. The maximum absolute atomic E-state index is 11.7. The van der Waals surface area contributed by atoms with Gasteiger partial charge in [0.2, 0.25) is 5.91 Å². The molecule has 1 amide bonds. The number of hydrogen-bond donors (Lipinski definition) is 2. The van der Waals surface area contributed by atoms with Crippen molar-refractivity contribution in [2.75, 3.05) is 26.2 Å². The van der Waals surface area contributed by atoms with Crippen molar-refractivity contribution in [3.8, 4) is 0 Å². The summed E-state index contributed by atoms with van der Waals surface area (Å²) in [6, 6.07) is 0.417. The van der Waals surface area contributed by atoms with Crippen LogP contribution in [0.4, 0.5) is 0 Å². The third-order valence-electron chi connectivity index (χ3n) is 3.61. The summed E-state index contributed by atoms with van der Waals surface area (Å²) in [5.41, 5.74) is 0. The third-order valence-corrected chi connectivity index (χ3v) is 3.61. The van der Waals surface area contributed by atoms with E-state index in [0.29, 0.717) is 12.0 Å². The average Bonchev–Trinajstić information content (AvgIpc) is 3.18. The van der Waals surface area contributed by atoms with Gasteiger partial charge in [-0.3, -0.25) is 4.79 Å². The Bertz CT molecular complexity index is 344. The van der Waals surface area contributed by atoms with Gasteiger partial charge in [0.05, 0.1) is 0 Å². The van der Waals surface area contributed by atoms with Crippen molar-refractivity contribution in [1.82, 2.24) is 15.5 Å². The van der Waals surface area contributed by atoms with E-state index in [0.717, 1.165) is 38.4 Å². The van der Waals surface area contributed by atoms with Gasteiger partial charge in [0, 0.05) is 25.7 Å². The molecule has 2 N–H and O–H groups in total. The van der Waals surface area contributed by atoms with E-state index in [1.54, 1.807) is 0 Å².